The van der Waals surface area contributed by atoms with Gasteiger partial charge in [0.15, 0.2) is 5.60 Å². The normalized spacial score (nSPS) is 14.7. The standard InChI is InChI=1S/C22H18O2.C20H18O2.C20H24.C14H14O/c1-15-7-11-17(12-8-15)22(18-13-9-16(2)10-14-18)20-6-4-3-5-19(20)21(23)24-22;1-15-3-7-17(8-4-15)21-19-11-13-20(14-12-19)22-18-9-5-16(2)6-10-18;1-15-3-7-17(8-4-15)19-11-13-20(14-12-19)18-9-5-16(2)6-10-18;1-11-3-7-13(8-4-11)15-14-9-5-12(2)6-10-14/h3-14H,1-2H3;3-14H,1-2H3;3-10,19-20H,11-14H2,1-2H3;3-10H,1-2H3. The number of esters is 1. The number of fused-ring (bicyclic) bond motifs is 1. The van der Waals surface area contributed by atoms with Crippen LogP contribution in [0.15, 0.2) is 243 Å². The summed E-state index contributed by atoms with van der Waals surface area (Å²) >= 11 is 0. The number of hydrogen-bond donors (Lipinski definition) is 0. The van der Waals surface area contributed by atoms with Gasteiger partial charge in [-0.15, -0.1) is 0 Å². The Kier molecular flexibility index (Phi) is 18.8. The molecule has 0 unspecified atom stereocenters. The van der Waals surface area contributed by atoms with Gasteiger partial charge in [0, 0.05) is 16.7 Å². The molecule has 1 saturated carbocycles. The van der Waals surface area contributed by atoms with E-state index in [4.69, 9.17) is 18.9 Å². The number of benzene rings is 10. The molecule has 0 aromatic heterocycles. The summed E-state index contributed by atoms with van der Waals surface area (Å²) < 4.78 is 23.3. The van der Waals surface area contributed by atoms with E-state index in [0.717, 1.165) is 63.0 Å². The molecule has 1 aliphatic carbocycles. The summed E-state index contributed by atoms with van der Waals surface area (Å²) in [5, 5.41) is 0. The van der Waals surface area contributed by atoms with Crippen LogP contribution >= 0.6 is 0 Å². The number of carbonyl (C=O) groups excluding carboxylic acids is 1. The molecule has 1 aliphatic heterocycles. The van der Waals surface area contributed by atoms with Crippen LogP contribution in [0, 0.1) is 55.4 Å². The Labute approximate surface area is 480 Å². The summed E-state index contributed by atoms with van der Waals surface area (Å²) in [4.78, 5) is 12.5. The highest BCUT2D eigenvalue weighted by Crippen LogP contribution is 2.47. The minimum absolute atomic E-state index is 0.272. The maximum Gasteiger partial charge on any atom is 0.340 e. The van der Waals surface area contributed by atoms with E-state index in [-0.39, 0.29) is 5.97 Å². The summed E-state index contributed by atoms with van der Waals surface area (Å²) in [6, 6.07) is 82.1. The fourth-order valence-electron chi connectivity index (χ4n) is 10.2. The van der Waals surface area contributed by atoms with Gasteiger partial charge in [0.25, 0.3) is 0 Å². The minimum atomic E-state index is -0.880. The van der Waals surface area contributed by atoms with Crippen molar-refractivity contribution in [3.63, 3.8) is 0 Å². The van der Waals surface area contributed by atoms with Gasteiger partial charge in [-0.3, -0.25) is 0 Å². The molecule has 81 heavy (non-hydrogen) atoms. The zero-order valence-corrected chi connectivity index (χ0v) is 48.1. The van der Waals surface area contributed by atoms with Gasteiger partial charge in [-0.25, -0.2) is 4.79 Å². The number of ether oxygens (including phenoxy) is 4. The third-order valence-corrected chi connectivity index (χ3v) is 15.1. The van der Waals surface area contributed by atoms with Gasteiger partial charge in [0.2, 0.25) is 0 Å². The first-order chi connectivity index (χ1) is 39.3. The molecule has 1 heterocycles. The van der Waals surface area contributed by atoms with Gasteiger partial charge in [-0.2, -0.15) is 0 Å². The summed E-state index contributed by atoms with van der Waals surface area (Å²) in [7, 11) is 0. The van der Waals surface area contributed by atoms with E-state index in [1.54, 1.807) is 0 Å². The molecule has 10 aromatic rings. The number of aryl methyl sites for hydroxylation is 8. The minimum Gasteiger partial charge on any atom is -0.457 e. The van der Waals surface area contributed by atoms with Crippen LogP contribution in [0.3, 0.4) is 0 Å². The predicted molar refractivity (Wildman–Crippen MR) is 332 cm³/mol. The van der Waals surface area contributed by atoms with E-state index in [1.165, 1.54) is 81.3 Å². The molecule has 2 aliphatic rings. The van der Waals surface area contributed by atoms with Crippen LogP contribution in [0.2, 0.25) is 0 Å². The molecule has 0 amide bonds. The van der Waals surface area contributed by atoms with Crippen molar-refractivity contribution in [2.24, 2.45) is 0 Å². The third-order valence-electron chi connectivity index (χ3n) is 15.1. The van der Waals surface area contributed by atoms with Crippen LogP contribution in [0.5, 0.6) is 34.5 Å². The van der Waals surface area contributed by atoms with E-state index < -0.39 is 5.60 Å². The second-order valence-electron chi connectivity index (χ2n) is 21.7. The van der Waals surface area contributed by atoms with Gasteiger partial charge in [-0.1, -0.05) is 208 Å². The zero-order valence-electron chi connectivity index (χ0n) is 48.1. The van der Waals surface area contributed by atoms with Crippen LogP contribution in [0.4, 0.5) is 0 Å². The topological polar surface area (TPSA) is 54.0 Å². The predicted octanol–water partition coefficient (Wildman–Crippen LogP) is 20.5. The second kappa shape index (κ2) is 26.8. The first kappa shape index (κ1) is 56.8. The molecule has 12 rings (SSSR count). The Morgan fingerprint density at radius 2 is 0.543 bits per heavy atom. The molecule has 0 saturated heterocycles. The Morgan fingerprint density at radius 1 is 0.309 bits per heavy atom. The van der Waals surface area contributed by atoms with Gasteiger partial charge in [0.05, 0.1) is 5.56 Å². The molecule has 0 bridgehead atoms. The quantitative estimate of drug-likeness (QED) is 0.128. The Bertz CT molecular complexity index is 3350. The largest absolute Gasteiger partial charge is 0.457 e. The van der Waals surface area contributed by atoms with Crippen LogP contribution in [0.1, 0.15) is 120 Å². The van der Waals surface area contributed by atoms with Crippen molar-refractivity contribution in [1.82, 2.24) is 0 Å². The average Bonchev–Trinajstić information content (AvgIpc) is 3.90. The lowest BCUT2D eigenvalue weighted by Gasteiger charge is -2.30. The van der Waals surface area contributed by atoms with Crippen molar-refractivity contribution >= 4 is 5.97 Å². The maximum atomic E-state index is 12.5. The summed E-state index contributed by atoms with van der Waals surface area (Å²) in [5.41, 5.74) is 15.7. The molecule has 408 valence electrons. The Hall–Kier alpha value is -8.93. The first-order valence-electron chi connectivity index (χ1n) is 28.3. The molecule has 0 radical (unpaired) electrons. The monoisotopic (exact) mass is 1070 g/mol. The highest BCUT2D eigenvalue weighted by atomic mass is 16.6. The van der Waals surface area contributed by atoms with Crippen molar-refractivity contribution in [3.05, 3.63) is 321 Å². The molecular formula is C76H74O5. The molecule has 1 fully saturated rings. The van der Waals surface area contributed by atoms with Gasteiger partial charge in [-0.05, 0) is 183 Å². The Balaban J connectivity index is 0.000000132. The van der Waals surface area contributed by atoms with Crippen molar-refractivity contribution in [2.45, 2.75) is 98.5 Å². The highest BCUT2D eigenvalue weighted by molar-refractivity contribution is 5.96. The van der Waals surface area contributed by atoms with Gasteiger partial charge < -0.3 is 18.9 Å². The van der Waals surface area contributed by atoms with Crippen LogP contribution < -0.4 is 14.2 Å². The Morgan fingerprint density at radius 3 is 0.827 bits per heavy atom. The molecule has 5 heteroatoms. The van der Waals surface area contributed by atoms with Crippen molar-refractivity contribution < 1.29 is 23.7 Å². The molecule has 0 N–H and O–H groups in total. The summed E-state index contributed by atoms with van der Waals surface area (Å²) in [6.45, 7) is 16.7. The molecule has 10 aromatic carbocycles. The highest BCUT2D eigenvalue weighted by Gasteiger charge is 2.48. The van der Waals surface area contributed by atoms with Crippen LogP contribution in [0.25, 0.3) is 0 Å². The molecule has 5 nitrogen and oxygen atoms in total. The third kappa shape index (κ3) is 15.3. The lowest BCUT2D eigenvalue weighted by molar-refractivity contribution is 0.0251. The van der Waals surface area contributed by atoms with Gasteiger partial charge in [0.1, 0.15) is 34.5 Å². The number of hydrogen-bond acceptors (Lipinski definition) is 5. The number of rotatable bonds is 10. The van der Waals surface area contributed by atoms with Crippen molar-refractivity contribution in [3.8, 4) is 34.5 Å². The molecular weight excluding hydrogens is 993 g/mol. The zero-order chi connectivity index (χ0) is 56.7. The lowest BCUT2D eigenvalue weighted by atomic mass is 9.76. The van der Waals surface area contributed by atoms with E-state index in [1.807, 2.05) is 170 Å². The van der Waals surface area contributed by atoms with E-state index in [0.29, 0.717) is 5.56 Å². The van der Waals surface area contributed by atoms with Crippen LogP contribution in [-0.2, 0) is 10.3 Å². The van der Waals surface area contributed by atoms with E-state index >= 15 is 0 Å². The number of cyclic esters (lactones) is 1. The fraction of sp³-hybridized carbons (Fsp3) is 0.197. The smallest absolute Gasteiger partial charge is 0.340 e. The van der Waals surface area contributed by atoms with E-state index in [2.05, 4.69) is 128 Å². The second-order valence-corrected chi connectivity index (χ2v) is 21.7. The van der Waals surface area contributed by atoms with Crippen LogP contribution in [-0.4, -0.2) is 5.97 Å². The number of carbonyl (C=O) groups is 1. The fourth-order valence-corrected chi connectivity index (χ4v) is 10.2. The van der Waals surface area contributed by atoms with E-state index in [9.17, 15) is 4.79 Å². The summed E-state index contributed by atoms with van der Waals surface area (Å²) in [5.74, 6) is 6.28. The van der Waals surface area contributed by atoms with Gasteiger partial charge >= 0.3 is 5.97 Å². The summed E-state index contributed by atoms with van der Waals surface area (Å²) in [6.07, 6.45) is 5.34. The van der Waals surface area contributed by atoms with Crippen molar-refractivity contribution in [2.75, 3.05) is 0 Å². The van der Waals surface area contributed by atoms with Crippen molar-refractivity contribution in [1.29, 1.82) is 0 Å². The SMILES string of the molecule is Cc1ccc(C2(c3ccc(C)cc3)OC(=O)c3ccccc32)cc1.Cc1ccc(C2CCC(c3ccc(C)cc3)CC2)cc1.Cc1ccc(Oc2ccc(C)cc2)cc1.Cc1ccc(Oc2ccc(Oc3ccc(C)cc3)cc2)cc1. The first-order valence-corrected chi connectivity index (χ1v) is 28.3. The average molecular weight is 1070 g/mol. The molecule has 0 spiro atoms. The molecule has 0 atom stereocenters. The maximum absolute atomic E-state index is 12.5. The lowest BCUT2D eigenvalue weighted by Crippen LogP contribution is -2.29.